The van der Waals surface area contributed by atoms with E-state index in [0.717, 1.165) is 10.0 Å². The second-order valence-corrected chi connectivity index (χ2v) is 8.50. The van der Waals surface area contributed by atoms with Crippen LogP contribution in [-0.2, 0) is 16.0 Å². The summed E-state index contributed by atoms with van der Waals surface area (Å²) >= 11 is 3.33. The fourth-order valence-electron chi connectivity index (χ4n) is 3.92. The van der Waals surface area contributed by atoms with Crippen molar-refractivity contribution in [2.24, 2.45) is 0 Å². The maximum Gasteiger partial charge on any atom is 0.295 e. The summed E-state index contributed by atoms with van der Waals surface area (Å²) in [5.41, 5.74) is 1.48. The molecule has 1 aliphatic heterocycles. The summed E-state index contributed by atoms with van der Waals surface area (Å²) in [6.45, 7) is 0.207. The molecule has 1 saturated heterocycles. The van der Waals surface area contributed by atoms with Crippen LogP contribution >= 0.6 is 15.9 Å². The highest BCUT2D eigenvalue weighted by Gasteiger charge is 2.46. The number of nitro benzene ring substituents is 1. The van der Waals surface area contributed by atoms with E-state index in [-0.39, 0.29) is 23.6 Å². The van der Waals surface area contributed by atoms with Crippen molar-refractivity contribution < 1.29 is 19.6 Å². The van der Waals surface area contributed by atoms with Gasteiger partial charge < -0.3 is 10.0 Å². The lowest BCUT2D eigenvalue weighted by Gasteiger charge is -2.25. The molecule has 0 unspecified atom stereocenters. The monoisotopic (exact) mass is 506 g/mol. The van der Waals surface area contributed by atoms with Crippen molar-refractivity contribution >= 4 is 39.1 Å². The summed E-state index contributed by atoms with van der Waals surface area (Å²) in [6, 6.07) is 21.0. The maximum absolute atomic E-state index is 13.1. The number of hydrogen-bond acceptors (Lipinski definition) is 5. The summed E-state index contributed by atoms with van der Waals surface area (Å²) in [7, 11) is 0. The Balaban J connectivity index is 1.82. The van der Waals surface area contributed by atoms with Gasteiger partial charge in [-0.05, 0) is 29.7 Å². The molecule has 0 radical (unpaired) electrons. The molecule has 1 amide bonds. The van der Waals surface area contributed by atoms with Gasteiger partial charge in [-0.1, -0.05) is 70.5 Å². The van der Waals surface area contributed by atoms with Crippen LogP contribution < -0.4 is 0 Å². The lowest BCUT2D eigenvalue weighted by Crippen LogP contribution is -2.31. The SMILES string of the molecule is O=C1C(=O)N(CCc2ccccc2)[C@@H](c2cccc([N+](=O)[O-])c2)C1=C(O)c1ccc(Br)cc1. The molecular formula is C25H19BrN2O5. The van der Waals surface area contributed by atoms with Gasteiger partial charge in [0.25, 0.3) is 17.4 Å². The summed E-state index contributed by atoms with van der Waals surface area (Å²) < 4.78 is 0.789. The highest BCUT2D eigenvalue weighted by atomic mass is 79.9. The average molecular weight is 507 g/mol. The third kappa shape index (κ3) is 4.56. The minimum absolute atomic E-state index is 0.0871. The molecule has 33 heavy (non-hydrogen) atoms. The van der Waals surface area contributed by atoms with E-state index in [0.29, 0.717) is 17.5 Å². The molecule has 0 aromatic heterocycles. The number of carbonyl (C=O) groups is 2. The standard InChI is InChI=1S/C25H19BrN2O5/c26-19-11-9-17(10-12-19)23(29)21-22(18-7-4-8-20(15-18)28(32)33)27(25(31)24(21)30)14-13-16-5-2-1-3-6-16/h1-12,15,22,29H,13-14H2/t22-/m0/s1. The Hall–Kier alpha value is -3.78. The number of Topliss-reactive ketones (excluding diaryl/α,β-unsaturated/α-hetero) is 1. The minimum atomic E-state index is -0.947. The van der Waals surface area contributed by atoms with Gasteiger partial charge in [-0.3, -0.25) is 19.7 Å². The van der Waals surface area contributed by atoms with Gasteiger partial charge in [-0.2, -0.15) is 0 Å². The fraction of sp³-hybridized carbons (Fsp3) is 0.120. The van der Waals surface area contributed by atoms with Crippen LogP contribution in [0.4, 0.5) is 5.69 Å². The Morgan fingerprint density at radius 3 is 2.36 bits per heavy atom. The minimum Gasteiger partial charge on any atom is -0.507 e. The molecular weight excluding hydrogens is 488 g/mol. The molecule has 0 spiro atoms. The van der Waals surface area contributed by atoms with Gasteiger partial charge in [0.15, 0.2) is 0 Å². The van der Waals surface area contributed by atoms with Crippen molar-refractivity contribution in [3.8, 4) is 0 Å². The first kappa shape index (κ1) is 22.4. The van der Waals surface area contributed by atoms with Crippen molar-refractivity contribution in [2.75, 3.05) is 6.54 Å². The predicted molar refractivity (Wildman–Crippen MR) is 126 cm³/mol. The number of nitro groups is 1. The summed E-state index contributed by atoms with van der Waals surface area (Å²) in [4.78, 5) is 38.3. The van der Waals surface area contributed by atoms with Crippen molar-refractivity contribution in [3.63, 3.8) is 0 Å². The molecule has 3 aromatic rings. The van der Waals surface area contributed by atoms with Crippen LogP contribution in [0.5, 0.6) is 0 Å². The van der Waals surface area contributed by atoms with Crippen LogP contribution in [0.2, 0.25) is 0 Å². The smallest absolute Gasteiger partial charge is 0.295 e. The van der Waals surface area contributed by atoms with Crippen molar-refractivity contribution in [2.45, 2.75) is 12.5 Å². The molecule has 3 aromatic carbocycles. The molecule has 7 nitrogen and oxygen atoms in total. The van der Waals surface area contributed by atoms with Crippen LogP contribution in [0.25, 0.3) is 5.76 Å². The summed E-state index contributed by atoms with van der Waals surface area (Å²) in [6.07, 6.45) is 0.484. The van der Waals surface area contributed by atoms with Gasteiger partial charge in [0, 0.05) is 28.7 Å². The Bertz CT molecular complexity index is 1260. The normalized spacial score (nSPS) is 17.4. The van der Waals surface area contributed by atoms with Gasteiger partial charge in [0.2, 0.25) is 0 Å². The predicted octanol–water partition coefficient (Wildman–Crippen LogP) is 5.02. The number of halogens is 1. The molecule has 0 bridgehead atoms. The quantitative estimate of drug-likeness (QED) is 0.166. The van der Waals surface area contributed by atoms with E-state index in [4.69, 9.17) is 0 Å². The fourth-order valence-corrected chi connectivity index (χ4v) is 4.19. The van der Waals surface area contributed by atoms with E-state index in [1.807, 2.05) is 30.3 Å². The molecule has 0 aliphatic carbocycles. The van der Waals surface area contributed by atoms with Crippen LogP contribution in [0, 0.1) is 10.1 Å². The first-order valence-electron chi connectivity index (χ1n) is 10.2. The largest absolute Gasteiger partial charge is 0.507 e. The zero-order valence-corrected chi connectivity index (χ0v) is 18.9. The van der Waals surface area contributed by atoms with E-state index < -0.39 is 22.7 Å². The number of benzene rings is 3. The van der Waals surface area contributed by atoms with E-state index in [2.05, 4.69) is 15.9 Å². The van der Waals surface area contributed by atoms with Gasteiger partial charge in [-0.15, -0.1) is 0 Å². The van der Waals surface area contributed by atoms with Crippen LogP contribution in [0.1, 0.15) is 22.7 Å². The Morgan fingerprint density at radius 2 is 1.70 bits per heavy atom. The topological polar surface area (TPSA) is 101 Å². The van der Waals surface area contributed by atoms with Crippen molar-refractivity contribution in [1.82, 2.24) is 4.90 Å². The zero-order chi connectivity index (χ0) is 23.5. The van der Waals surface area contributed by atoms with E-state index in [1.54, 1.807) is 30.3 Å². The molecule has 1 atom stereocenters. The third-order valence-electron chi connectivity index (χ3n) is 5.54. The van der Waals surface area contributed by atoms with E-state index >= 15 is 0 Å². The lowest BCUT2D eigenvalue weighted by molar-refractivity contribution is -0.384. The molecule has 1 heterocycles. The lowest BCUT2D eigenvalue weighted by atomic mass is 9.95. The molecule has 1 N–H and O–H groups in total. The van der Waals surface area contributed by atoms with Gasteiger partial charge in [0.05, 0.1) is 16.5 Å². The van der Waals surface area contributed by atoms with Gasteiger partial charge >= 0.3 is 0 Å². The molecule has 4 rings (SSSR count). The number of ketones is 1. The number of likely N-dealkylation sites (tertiary alicyclic amines) is 1. The van der Waals surface area contributed by atoms with Crippen LogP contribution in [0.15, 0.2) is 88.9 Å². The van der Waals surface area contributed by atoms with Gasteiger partial charge in [0.1, 0.15) is 5.76 Å². The number of rotatable bonds is 6. The second kappa shape index (κ2) is 9.38. The van der Waals surface area contributed by atoms with Crippen LogP contribution in [-0.4, -0.2) is 33.2 Å². The van der Waals surface area contributed by atoms with E-state index in [1.165, 1.54) is 23.1 Å². The van der Waals surface area contributed by atoms with Crippen molar-refractivity contribution in [3.05, 3.63) is 116 Å². The summed E-state index contributed by atoms with van der Waals surface area (Å²) in [5, 5.41) is 22.4. The molecule has 8 heteroatoms. The summed E-state index contributed by atoms with van der Waals surface area (Å²) in [5.74, 6) is -1.89. The number of aliphatic hydroxyl groups excluding tert-OH is 1. The average Bonchev–Trinajstić information content (AvgIpc) is 3.08. The Morgan fingerprint density at radius 1 is 1.00 bits per heavy atom. The highest BCUT2D eigenvalue weighted by molar-refractivity contribution is 9.10. The Labute approximate surface area is 198 Å². The van der Waals surface area contributed by atoms with Crippen LogP contribution in [0.3, 0.4) is 0 Å². The number of non-ortho nitro benzene ring substituents is 1. The molecule has 1 fully saturated rings. The maximum atomic E-state index is 13.1. The first-order chi connectivity index (χ1) is 15.9. The highest BCUT2D eigenvalue weighted by Crippen LogP contribution is 2.40. The first-order valence-corrected chi connectivity index (χ1v) is 11.0. The number of amides is 1. The molecule has 0 saturated carbocycles. The molecule has 1 aliphatic rings. The number of nitrogens with zero attached hydrogens (tertiary/aromatic N) is 2. The number of carbonyl (C=O) groups excluding carboxylic acids is 2. The van der Waals surface area contributed by atoms with E-state index in [9.17, 15) is 24.8 Å². The number of aliphatic hydroxyl groups is 1. The van der Waals surface area contributed by atoms with Crippen molar-refractivity contribution in [1.29, 1.82) is 0 Å². The third-order valence-corrected chi connectivity index (χ3v) is 6.07. The zero-order valence-electron chi connectivity index (χ0n) is 17.3. The van der Waals surface area contributed by atoms with Gasteiger partial charge in [-0.25, -0.2) is 0 Å². The number of hydrogen-bond donors (Lipinski definition) is 1. The Kier molecular flexibility index (Phi) is 6.37. The second-order valence-electron chi connectivity index (χ2n) is 7.59. The molecule has 166 valence electrons.